The van der Waals surface area contributed by atoms with Crippen LogP contribution >= 0.6 is 0 Å². The van der Waals surface area contributed by atoms with Crippen molar-refractivity contribution in [2.45, 2.75) is 38.6 Å². The minimum atomic E-state index is -0.0424. The zero-order chi connectivity index (χ0) is 14.1. The average Bonchev–Trinajstić information content (AvgIpc) is 3.10. The van der Waals surface area contributed by atoms with E-state index < -0.39 is 0 Å². The van der Waals surface area contributed by atoms with Gasteiger partial charge in [0.1, 0.15) is 5.82 Å². The third-order valence-corrected chi connectivity index (χ3v) is 4.96. The van der Waals surface area contributed by atoms with Crippen LogP contribution in [0.25, 0.3) is 0 Å². The topological polar surface area (TPSA) is 80.0 Å². The second kappa shape index (κ2) is 5.40. The maximum absolute atomic E-state index is 12.3. The van der Waals surface area contributed by atoms with Crippen molar-refractivity contribution in [3.63, 3.8) is 0 Å². The number of nitrogens with zero attached hydrogens (tertiary/aromatic N) is 1. The molecule has 2 aliphatic rings. The van der Waals surface area contributed by atoms with Gasteiger partial charge in [-0.25, -0.2) is 10.8 Å². The number of anilines is 1. The van der Waals surface area contributed by atoms with Gasteiger partial charge in [-0.1, -0.05) is 6.42 Å². The van der Waals surface area contributed by atoms with Crippen LogP contribution in [0.1, 0.15) is 43.0 Å². The number of aromatic nitrogens is 1. The summed E-state index contributed by atoms with van der Waals surface area (Å²) in [5.41, 5.74) is 3.06. The SMILES string of the molecule is CC(NC(=O)c1ccnc(NN)c1)C1CC2CCC1C2. The maximum atomic E-state index is 12.3. The van der Waals surface area contributed by atoms with Crippen molar-refractivity contribution in [3.05, 3.63) is 23.9 Å². The van der Waals surface area contributed by atoms with Crippen molar-refractivity contribution in [2.24, 2.45) is 23.6 Å². The number of carbonyl (C=O) groups excluding carboxylic acids is 1. The molecule has 0 aromatic carbocycles. The van der Waals surface area contributed by atoms with Crippen molar-refractivity contribution >= 4 is 11.7 Å². The largest absolute Gasteiger partial charge is 0.349 e. The Morgan fingerprint density at radius 2 is 2.30 bits per heavy atom. The molecule has 2 bridgehead atoms. The molecule has 0 spiro atoms. The van der Waals surface area contributed by atoms with Crippen LogP contribution in [0.3, 0.4) is 0 Å². The average molecular weight is 274 g/mol. The van der Waals surface area contributed by atoms with Gasteiger partial charge in [0.25, 0.3) is 5.91 Å². The Morgan fingerprint density at radius 3 is 2.95 bits per heavy atom. The van der Waals surface area contributed by atoms with Gasteiger partial charge < -0.3 is 10.7 Å². The molecular formula is C15H22N4O. The number of hydrogen-bond donors (Lipinski definition) is 3. The smallest absolute Gasteiger partial charge is 0.251 e. The fourth-order valence-electron chi connectivity index (χ4n) is 3.95. The van der Waals surface area contributed by atoms with Gasteiger partial charge in [0.05, 0.1) is 0 Å². The van der Waals surface area contributed by atoms with Crippen LogP contribution in [0, 0.1) is 17.8 Å². The Labute approximate surface area is 119 Å². The van der Waals surface area contributed by atoms with Crippen molar-refractivity contribution < 1.29 is 4.79 Å². The molecule has 1 amide bonds. The zero-order valence-electron chi connectivity index (χ0n) is 11.8. The van der Waals surface area contributed by atoms with Crippen LogP contribution in [-0.4, -0.2) is 16.9 Å². The van der Waals surface area contributed by atoms with Crippen LogP contribution in [0.4, 0.5) is 5.82 Å². The van der Waals surface area contributed by atoms with Crippen molar-refractivity contribution in [1.82, 2.24) is 10.3 Å². The number of nitrogens with one attached hydrogen (secondary N) is 2. The van der Waals surface area contributed by atoms with Crippen molar-refractivity contribution in [3.8, 4) is 0 Å². The number of pyridine rings is 1. The molecular weight excluding hydrogens is 252 g/mol. The Hall–Kier alpha value is -1.62. The molecule has 20 heavy (non-hydrogen) atoms. The molecule has 4 atom stereocenters. The minimum Gasteiger partial charge on any atom is -0.349 e. The molecule has 5 nitrogen and oxygen atoms in total. The van der Waals surface area contributed by atoms with E-state index in [9.17, 15) is 4.79 Å². The molecule has 2 fully saturated rings. The van der Waals surface area contributed by atoms with Gasteiger partial charge in [0, 0.05) is 17.8 Å². The first-order valence-electron chi connectivity index (χ1n) is 7.41. The summed E-state index contributed by atoms with van der Waals surface area (Å²) in [6.07, 6.45) is 6.95. The summed E-state index contributed by atoms with van der Waals surface area (Å²) < 4.78 is 0. The second-order valence-electron chi connectivity index (χ2n) is 6.17. The molecule has 1 heterocycles. The van der Waals surface area contributed by atoms with Crippen LogP contribution in [-0.2, 0) is 0 Å². The predicted octanol–water partition coefficient (Wildman–Crippen LogP) is 1.92. The summed E-state index contributed by atoms with van der Waals surface area (Å²) in [6.45, 7) is 2.13. The van der Waals surface area contributed by atoms with Gasteiger partial charge in [-0.05, 0) is 56.1 Å². The third-order valence-electron chi connectivity index (χ3n) is 4.96. The molecule has 1 aromatic rings. The van der Waals surface area contributed by atoms with Crippen LogP contribution < -0.4 is 16.6 Å². The Morgan fingerprint density at radius 1 is 1.45 bits per heavy atom. The van der Waals surface area contributed by atoms with Gasteiger partial charge in [-0.15, -0.1) is 0 Å². The molecule has 0 aliphatic heterocycles. The van der Waals surface area contributed by atoms with E-state index in [0.29, 0.717) is 17.3 Å². The normalized spacial score (nSPS) is 29.2. The van der Waals surface area contributed by atoms with E-state index in [4.69, 9.17) is 5.84 Å². The van der Waals surface area contributed by atoms with E-state index >= 15 is 0 Å². The van der Waals surface area contributed by atoms with E-state index in [2.05, 4.69) is 22.7 Å². The van der Waals surface area contributed by atoms with E-state index in [0.717, 1.165) is 11.8 Å². The summed E-state index contributed by atoms with van der Waals surface area (Å²) in [7, 11) is 0. The molecule has 0 saturated heterocycles. The third kappa shape index (κ3) is 2.50. The van der Waals surface area contributed by atoms with E-state index in [1.165, 1.54) is 25.7 Å². The number of nitrogens with two attached hydrogens (primary N) is 1. The number of rotatable bonds is 4. The highest BCUT2D eigenvalue weighted by Gasteiger charge is 2.42. The molecule has 4 unspecified atom stereocenters. The number of amides is 1. The van der Waals surface area contributed by atoms with Gasteiger partial charge in [0.2, 0.25) is 0 Å². The van der Waals surface area contributed by atoms with Gasteiger partial charge in [-0.2, -0.15) is 0 Å². The lowest BCUT2D eigenvalue weighted by Crippen LogP contribution is -2.40. The van der Waals surface area contributed by atoms with Gasteiger partial charge >= 0.3 is 0 Å². The molecule has 2 saturated carbocycles. The predicted molar refractivity (Wildman–Crippen MR) is 77.9 cm³/mol. The van der Waals surface area contributed by atoms with Gasteiger partial charge in [-0.3, -0.25) is 4.79 Å². The monoisotopic (exact) mass is 274 g/mol. The number of hydrogen-bond acceptors (Lipinski definition) is 4. The Bertz CT molecular complexity index is 504. The summed E-state index contributed by atoms with van der Waals surface area (Å²) in [4.78, 5) is 16.3. The zero-order valence-corrected chi connectivity index (χ0v) is 11.8. The maximum Gasteiger partial charge on any atom is 0.251 e. The highest BCUT2D eigenvalue weighted by molar-refractivity contribution is 5.94. The molecule has 0 radical (unpaired) electrons. The van der Waals surface area contributed by atoms with Crippen LogP contribution in [0.15, 0.2) is 18.3 Å². The standard InChI is InChI=1S/C15H22N4O/c1-9(13-7-10-2-3-11(13)6-10)18-15(20)12-4-5-17-14(8-12)19-16/h4-5,8-11,13H,2-3,6-7,16H2,1H3,(H,17,19)(H,18,20). The fraction of sp³-hybridized carbons (Fsp3) is 0.600. The first-order chi connectivity index (χ1) is 9.67. The van der Waals surface area contributed by atoms with E-state index in [-0.39, 0.29) is 11.9 Å². The quantitative estimate of drug-likeness (QED) is 0.579. The molecule has 4 N–H and O–H groups in total. The summed E-state index contributed by atoms with van der Waals surface area (Å²) >= 11 is 0. The van der Waals surface area contributed by atoms with E-state index in [1.54, 1.807) is 18.3 Å². The Kier molecular flexibility index (Phi) is 3.61. The lowest BCUT2D eigenvalue weighted by Gasteiger charge is -2.28. The lowest BCUT2D eigenvalue weighted by atomic mass is 9.84. The first-order valence-corrected chi connectivity index (χ1v) is 7.41. The molecule has 1 aromatic heterocycles. The van der Waals surface area contributed by atoms with Crippen molar-refractivity contribution in [1.29, 1.82) is 0 Å². The highest BCUT2D eigenvalue weighted by atomic mass is 16.1. The van der Waals surface area contributed by atoms with Crippen molar-refractivity contribution in [2.75, 3.05) is 5.43 Å². The van der Waals surface area contributed by atoms with Gasteiger partial charge in [0.15, 0.2) is 0 Å². The number of fused-ring (bicyclic) bond motifs is 2. The second-order valence-corrected chi connectivity index (χ2v) is 6.17. The molecule has 3 rings (SSSR count). The molecule has 108 valence electrons. The first kappa shape index (κ1) is 13.4. The van der Waals surface area contributed by atoms with Crippen LogP contribution in [0.2, 0.25) is 0 Å². The van der Waals surface area contributed by atoms with E-state index in [1.807, 2.05) is 0 Å². The minimum absolute atomic E-state index is 0.0424. The Balaban J connectivity index is 1.63. The molecule has 2 aliphatic carbocycles. The molecule has 5 heteroatoms. The lowest BCUT2D eigenvalue weighted by molar-refractivity contribution is 0.0915. The van der Waals surface area contributed by atoms with Crippen LogP contribution in [0.5, 0.6) is 0 Å². The summed E-state index contributed by atoms with van der Waals surface area (Å²) in [5.74, 6) is 8.14. The summed E-state index contributed by atoms with van der Waals surface area (Å²) in [6, 6.07) is 3.62. The number of nitrogen functional groups attached to an aromatic ring is 1. The highest BCUT2D eigenvalue weighted by Crippen LogP contribution is 2.49. The number of carbonyl (C=O) groups is 1. The number of hydrazine groups is 1. The summed E-state index contributed by atoms with van der Waals surface area (Å²) in [5, 5.41) is 3.14. The fourth-order valence-corrected chi connectivity index (χ4v) is 3.95.